The number of aromatic nitrogens is 5. The zero-order valence-electron chi connectivity index (χ0n) is 22.5. The predicted molar refractivity (Wildman–Crippen MR) is 140 cm³/mol. The lowest BCUT2D eigenvalue weighted by atomic mass is 10.1. The number of rotatable bonds is 9. The first-order valence-corrected chi connectivity index (χ1v) is 14.4. The zero-order chi connectivity index (χ0) is 28.4. The highest BCUT2D eigenvalue weighted by atomic mass is 32.2. The third kappa shape index (κ3) is 4.84. The number of aliphatic hydroxyl groups excluding tert-OH is 2. The monoisotopic (exact) mass is 578 g/mol. The molecule has 1 aromatic carbocycles. The molecule has 40 heavy (non-hydrogen) atoms. The fourth-order valence-corrected chi connectivity index (χ4v) is 6.37. The predicted octanol–water partition coefficient (Wildman–Crippen LogP) is 3.48. The first-order chi connectivity index (χ1) is 19.0. The van der Waals surface area contributed by atoms with Crippen LogP contribution in [0.5, 0.6) is 0 Å². The molecule has 3 N–H and O–H groups in total. The Balaban J connectivity index is 1.34. The Hall–Kier alpha value is -2.49. The fraction of sp³-hybridized carbons (Fsp3) is 0.615. The standard InChI is InChI=1S/C26H32F2N6O5S/c1-5-8-40-24-30-22(29-17-10-14(17)13-6-7-15(27)16(28)9-13)20-23(31-24)34(33-32-20)18-11-19(36)26(37-12(2)35)21(18)38-25(3,4)39-26/h6-7,9,12,14,17-19,21,35-36H,5,8,10-11H2,1-4H3,(H,29,30,31)/t12-,14+,17?,18-,19+,21+,26-/m1/s1. The normalized spacial score (nSPS) is 31.4. The summed E-state index contributed by atoms with van der Waals surface area (Å²) in [6.45, 7) is 6.93. The Morgan fingerprint density at radius 2 is 2.05 bits per heavy atom. The van der Waals surface area contributed by atoms with Crippen molar-refractivity contribution in [3.05, 3.63) is 35.4 Å². The van der Waals surface area contributed by atoms with Crippen molar-refractivity contribution in [2.24, 2.45) is 0 Å². The molecule has 3 heterocycles. The summed E-state index contributed by atoms with van der Waals surface area (Å²) in [4.78, 5) is 9.46. The number of hydrogen-bond donors (Lipinski definition) is 3. The minimum atomic E-state index is -1.60. The molecule has 3 aromatic rings. The van der Waals surface area contributed by atoms with Crippen LogP contribution in [0, 0.1) is 11.6 Å². The molecule has 7 atom stereocenters. The van der Waals surface area contributed by atoms with Crippen LogP contribution >= 0.6 is 11.8 Å². The van der Waals surface area contributed by atoms with E-state index in [2.05, 4.69) is 22.6 Å². The van der Waals surface area contributed by atoms with Gasteiger partial charge in [0.25, 0.3) is 0 Å². The lowest BCUT2D eigenvalue weighted by Gasteiger charge is -2.32. The molecule has 3 fully saturated rings. The van der Waals surface area contributed by atoms with Crippen LogP contribution in [0.3, 0.4) is 0 Å². The number of nitrogens with zero attached hydrogens (tertiary/aromatic N) is 5. The van der Waals surface area contributed by atoms with Gasteiger partial charge in [0.15, 0.2) is 45.8 Å². The van der Waals surface area contributed by atoms with Gasteiger partial charge in [-0.05, 0) is 51.3 Å². The lowest BCUT2D eigenvalue weighted by Crippen LogP contribution is -2.50. The average Bonchev–Trinajstić information content (AvgIpc) is 3.32. The summed E-state index contributed by atoms with van der Waals surface area (Å²) in [5, 5.41) is 33.8. The van der Waals surface area contributed by atoms with E-state index in [1.165, 1.54) is 24.8 Å². The topological polar surface area (TPSA) is 137 Å². The summed E-state index contributed by atoms with van der Waals surface area (Å²) in [6, 6.07) is 3.35. The molecule has 2 aromatic heterocycles. The van der Waals surface area contributed by atoms with Crippen LogP contribution in [0.25, 0.3) is 11.2 Å². The first kappa shape index (κ1) is 27.7. The van der Waals surface area contributed by atoms with Gasteiger partial charge in [-0.15, -0.1) is 5.10 Å². The van der Waals surface area contributed by atoms with Crippen LogP contribution in [-0.4, -0.2) is 77.0 Å². The molecule has 14 heteroatoms. The number of fused-ring (bicyclic) bond motifs is 2. The molecule has 216 valence electrons. The number of nitrogens with one attached hydrogen (secondary N) is 1. The summed E-state index contributed by atoms with van der Waals surface area (Å²) >= 11 is 1.49. The highest BCUT2D eigenvalue weighted by Gasteiger charge is 2.67. The fourth-order valence-electron chi connectivity index (χ4n) is 5.67. The van der Waals surface area contributed by atoms with Crippen LogP contribution in [0.2, 0.25) is 0 Å². The molecule has 0 bridgehead atoms. The number of hydrogen-bond acceptors (Lipinski definition) is 11. The number of aliphatic hydroxyl groups is 2. The summed E-state index contributed by atoms with van der Waals surface area (Å²) in [7, 11) is 0. The van der Waals surface area contributed by atoms with Crippen LogP contribution < -0.4 is 5.32 Å². The van der Waals surface area contributed by atoms with E-state index in [0.717, 1.165) is 24.7 Å². The largest absolute Gasteiger partial charge is 0.387 e. The Morgan fingerprint density at radius 3 is 2.77 bits per heavy atom. The molecule has 11 nitrogen and oxygen atoms in total. The molecule has 6 rings (SSSR count). The summed E-state index contributed by atoms with van der Waals surface area (Å²) in [5.41, 5.74) is 1.58. The molecule has 3 aliphatic rings. The molecule has 0 amide bonds. The van der Waals surface area contributed by atoms with Crippen molar-refractivity contribution in [3.63, 3.8) is 0 Å². The maximum atomic E-state index is 13.8. The number of halogens is 2. The smallest absolute Gasteiger partial charge is 0.228 e. The highest BCUT2D eigenvalue weighted by Crippen LogP contribution is 2.52. The number of benzene rings is 1. The van der Waals surface area contributed by atoms with Gasteiger partial charge in [-0.25, -0.2) is 23.4 Å². The van der Waals surface area contributed by atoms with Crippen molar-refractivity contribution in [2.75, 3.05) is 11.1 Å². The van der Waals surface area contributed by atoms with Crippen LogP contribution in [0.15, 0.2) is 23.4 Å². The molecule has 0 radical (unpaired) electrons. The van der Waals surface area contributed by atoms with E-state index < -0.39 is 47.7 Å². The highest BCUT2D eigenvalue weighted by molar-refractivity contribution is 7.99. The van der Waals surface area contributed by atoms with Crippen molar-refractivity contribution in [2.45, 2.75) is 100 Å². The van der Waals surface area contributed by atoms with E-state index in [-0.39, 0.29) is 18.4 Å². The Labute approximate surface area is 233 Å². The van der Waals surface area contributed by atoms with E-state index in [0.29, 0.717) is 27.7 Å². The molecule has 2 aliphatic carbocycles. The second-order valence-electron chi connectivity index (χ2n) is 11.0. The average molecular weight is 579 g/mol. The Bertz CT molecular complexity index is 1430. The van der Waals surface area contributed by atoms with Crippen LogP contribution in [-0.2, 0) is 14.2 Å². The molecule has 0 spiro atoms. The molecule has 1 saturated heterocycles. The van der Waals surface area contributed by atoms with Crippen LogP contribution in [0.1, 0.15) is 64.5 Å². The van der Waals surface area contributed by atoms with Gasteiger partial charge in [0, 0.05) is 24.1 Å². The van der Waals surface area contributed by atoms with Crippen molar-refractivity contribution in [1.82, 2.24) is 25.0 Å². The molecular weight excluding hydrogens is 546 g/mol. The van der Waals surface area contributed by atoms with Gasteiger partial charge in [0.2, 0.25) is 5.79 Å². The van der Waals surface area contributed by atoms with Crippen molar-refractivity contribution in [3.8, 4) is 0 Å². The zero-order valence-corrected chi connectivity index (χ0v) is 23.4. The van der Waals surface area contributed by atoms with Gasteiger partial charge >= 0.3 is 0 Å². The summed E-state index contributed by atoms with van der Waals surface area (Å²) in [6.07, 6.45) is -1.33. The molecule has 2 saturated carbocycles. The lowest BCUT2D eigenvalue weighted by molar-refractivity contribution is -0.327. The third-order valence-corrected chi connectivity index (χ3v) is 8.44. The van der Waals surface area contributed by atoms with E-state index in [9.17, 15) is 19.0 Å². The van der Waals surface area contributed by atoms with Gasteiger partial charge in [0.05, 0.1) is 6.04 Å². The number of anilines is 1. The molecule has 1 aliphatic heterocycles. The van der Waals surface area contributed by atoms with E-state index >= 15 is 0 Å². The summed E-state index contributed by atoms with van der Waals surface area (Å²) in [5.74, 6) is -3.14. The second kappa shape index (κ2) is 10.1. The quantitative estimate of drug-likeness (QED) is 0.196. The second-order valence-corrected chi connectivity index (χ2v) is 12.0. The minimum absolute atomic E-state index is 0.00334. The van der Waals surface area contributed by atoms with Crippen molar-refractivity contribution < 1.29 is 33.2 Å². The summed E-state index contributed by atoms with van der Waals surface area (Å²) < 4.78 is 46.8. The van der Waals surface area contributed by atoms with Gasteiger partial charge in [0.1, 0.15) is 12.2 Å². The van der Waals surface area contributed by atoms with Gasteiger partial charge < -0.3 is 29.7 Å². The molecule has 1 unspecified atom stereocenters. The van der Waals surface area contributed by atoms with Gasteiger partial charge in [-0.2, -0.15) is 0 Å². The van der Waals surface area contributed by atoms with E-state index in [1.54, 1.807) is 24.6 Å². The minimum Gasteiger partial charge on any atom is -0.387 e. The van der Waals surface area contributed by atoms with Gasteiger partial charge in [-0.3, -0.25) is 0 Å². The molecular formula is C26H32F2N6O5S. The third-order valence-electron chi connectivity index (χ3n) is 7.38. The SMILES string of the molecule is CCCSc1nc(NC2C[C@H]2c2ccc(F)c(F)c2)c2nnn([C@@H]3C[C@H](O)[C@@]4(O[C@H](C)O)OC(C)(C)O[C@@H]34)c2n1. The van der Waals surface area contributed by atoms with Crippen LogP contribution in [0.4, 0.5) is 14.6 Å². The number of thioether (sulfide) groups is 1. The van der Waals surface area contributed by atoms with E-state index in [4.69, 9.17) is 24.2 Å². The maximum Gasteiger partial charge on any atom is 0.228 e. The van der Waals surface area contributed by atoms with Gasteiger partial charge in [-0.1, -0.05) is 30.0 Å². The maximum absolute atomic E-state index is 13.8. The Kier molecular flexibility index (Phi) is 6.99. The van der Waals surface area contributed by atoms with Crippen molar-refractivity contribution in [1.29, 1.82) is 0 Å². The first-order valence-electron chi connectivity index (χ1n) is 13.4. The van der Waals surface area contributed by atoms with E-state index in [1.807, 2.05) is 0 Å². The number of ether oxygens (including phenoxy) is 3. The van der Waals surface area contributed by atoms with Crippen molar-refractivity contribution >= 4 is 28.7 Å². The Morgan fingerprint density at radius 1 is 1.25 bits per heavy atom.